The van der Waals surface area contributed by atoms with Gasteiger partial charge in [0.05, 0.1) is 18.1 Å². The molecule has 2 heterocycles. The minimum atomic E-state index is -3.65. The van der Waals surface area contributed by atoms with Gasteiger partial charge in [0.25, 0.3) is 5.91 Å². The second kappa shape index (κ2) is 9.55. The van der Waals surface area contributed by atoms with Crippen molar-refractivity contribution in [1.29, 1.82) is 0 Å². The van der Waals surface area contributed by atoms with Crippen LogP contribution in [0.1, 0.15) is 41.6 Å². The van der Waals surface area contributed by atoms with Gasteiger partial charge in [-0.3, -0.25) is 10.1 Å². The van der Waals surface area contributed by atoms with E-state index < -0.39 is 15.9 Å². The Morgan fingerprint density at radius 2 is 2.04 bits per heavy atom. The number of rotatable bonds is 8. The Hall–Kier alpha value is -1.88. The van der Waals surface area contributed by atoms with E-state index in [9.17, 15) is 13.2 Å². The summed E-state index contributed by atoms with van der Waals surface area (Å²) in [6.45, 7) is 3.50. The average molecular weight is 425 g/mol. The fourth-order valence-electron chi connectivity index (χ4n) is 2.83. The van der Waals surface area contributed by atoms with Crippen LogP contribution in [-0.2, 0) is 21.2 Å². The zero-order chi connectivity index (χ0) is 20.0. The van der Waals surface area contributed by atoms with E-state index in [1.807, 2.05) is 0 Å². The molecule has 8 nitrogen and oxygen atoms in total. The molecule has 1 N–H and O–H groups in total. The molecule has 1 aliphatic rings. The van der Waals surface area contributed by atoms with Crippen LogP contribution in [0, 0.1) is 0 Å². The Kier molecular flexibility index (Phi) is 7.11. The van der Waals surface area contributed by atoms with Crippen LogP contribution < -0.4 is 5.32 Å². The highest BCUT2D eigenvalue weighted by atomic mass is 32.2. The standard InChI is InChI=1S/C18H24N4O4S2/c1-2-3-4-8-16-20-21-18(27-16)19-17(23)14-6-5-7-15(13-14)28(24,25)22-9-11-26-12-10-22/h5-7,13H,2-4,8-12H2,1H3,(H,19,21,23). The molecule has 0 unspecified atom stereocenters. The predicted molar refractivity (Wildman–Crippen MR) is 107 cm³/mol. The van der Waals surface area contributed by atoms with Gasteiger partial charge in [0.2, 0.25) is 15.2 Å². The third-order valence-electron chi connectivity index (χ3n) is 4.39. The van der Waals surface area contributed by atoms with Crippen LogP contribution in [0.25, 0.3) is 0 Å². The topological polar surface area (TPSA) is 101 Å². The molecule has 0 aliphatic carbocycles. The number of carbonyl (C=O) groups is 1. The maximum atomic E-state index is 12.8. The van der Waals surface area contributed by atoms with E-state index in [2.05, 4.69) is 22.4 Å². The van der Waals surface area contributed by atoms with Crippen molar-refractivity contribution < 1.29 is 17.9 Å². The number of unbranched alkanes of at least 4 members (excludes halogenated alkanes) is 2. The number of sulfonamides is 1. The van der Waals surface area contributed by atoms with E-state index in [1.165, 1.54) is 27.8 Å². The summed E-state index contributed by atoms with van der Waals surface area (Å²) in [5, 5.41) is 12.1. The van der Waals surface area contributed by atoms with Gasteiger partial charge in [0.1, 0.15) is 5.01 Å². The van der Waals surface area contributed by atoms with Crippen LogP contribution in [0.4, 0.5) is 5.13 Å². The summed E-state index contributed by atoms with van der Waals surface area (Å²) in [4.78, 5) is 12.6. The Balaban J connectivity index is 1.68. The number of carbonyl (C=O) groups excluding carboxylic acids is 1. The molecule has 0 radical (unpaired) electrons. The molecule has 1 fully saturated rings. The number of aryl methyl sites for hydroxylation is 1. The molecule has 1 saturated heterocycles. The first-order valence-corrected chi connectivity index (χ1v) is 11.6. The van der Waals surface area contributed by atoms with Gasteiger partial charge in [-0.15, -0.1) is 10.2 Å². The molecular formula is C18H24N4O4S2. The summed E-state index contributed by atoms with van der Waals surface area (Å²) >= 11 is 1.34. The van der Waals surface area contributed by atoms with Crippen LogP contribution in [-0.4, -0.2) is 55.1 Å². The molecule has 0 bridgehead atoms. The third-order valence-corrected chi connectivity index (χ3v) is 7.18. The van der Waals surface area contributed by atoms with E-state index in [4.69, 9.17) is 4.74 Å². The highest BCUT2D eigenvalue weighted by molar-refractivity contribution is 7.89. The minimum absolute atomic E-state index is 0.0968. The molecule has 0 spiro atoms. The van der Waals surface area contributed by atoms with Crippen LogP contribution >= 0.6 is 11.3 Å². The summed E-state index contributed by atoms with van der Waals surface area (Å²) in [6, 6.07) is 6.04. The zero-order valence-corrected chi connectivity index (χ0v) is 17.4. The number of anilines is 1. The van der Waals surface area contributed by atoms with Crippen molar-refractivity contribution in [1.82, 2.24) is 14.5 Å². The number of nitrogens with one attached hydrogen (secondary N) is 1. The van der Waals surface area contributed by atoms with Gasteiger partial charge >= 0.3 is 0 Å². The van der Waals surface area contributed by atoms with Crippen molar-refractivity contribution in [2.75, 3.05) is 31.6 Å². The molecule has 1 aliphatic heterocycles. The van der Waals surface area contributed by atoms with Gasteiger partial charge in [-0.1, -0.05) is 37.2 Å². The number of morpholine rings is 1. The van der Waals surface area contributed by atoms with E-state index in [-0.39, 0.29) is 10.5 Å². The molecule has 3 rings (SSSR count). The van der Waals surface area contributed by atoms with Gasteiger partial charge in [-0.25, -0.2) is 8.42 Å². The largest absolute Gasteiger partial charge is 0.379 e. The number of hydrogen-bond donors (Lipinski definition) is 1. The summed E-state index contributed by atoms with van der Waals surface area (Å²) in [5.41, 5.74) is 0.261. The lowest BCUT2D eigenvalue weighted by Gasteiger charge is -2.26. The maximum absolute atomic E-state index is 12.8. The number of hydrogen-bond acceptors (Lipinski definition) is 7. The first kappa shape index (κ1) is 20.8. The summed E-state index contributed by atoms with van der Waals surface area (Å²) < 4.78 is 32.1. The Morgan fingerprint density at radius 3 is 2.79 bits per heavy atom. The molecular weight excluding hydrogens is 400 g/mol. The second-order valence-electron chi connectivity index (χ2n) is 6.46. The molecule has 152 valence electrons. The highest BCUT2D eigenvalue weighted by Gasteiger charge is 2.27. The lowest BCUT2D eigenvalue weighted by molar-refractivity contribution is 0.0730. The third kappa shape index (κ3) is 5.13. The fraction of sp³-hybridized carbons (Fsp3) is 0.500. The van der Waals surface area contributed by atoms with Gasteiger partial charge < -0.3 is 4.74 Å². The van der Waals surface area contributed by atoms with Crippen LogP contribution in [0.2, 0.25) is 0 Å². The smallest absolute Gasteiger partial charge is 0.257 e. The van der Waals surface area contributed by atoms with E-state index in [0.717, 1.165) is 30.7 Å². The second-order valence-corrected chi connectivity index (χ2v) is 9.46. The minimum Gasteiger partial charge on any atom is -0.379 e. The van der Waals surface area contributed by atoms with Crippen LogP contribution in [0.15, 0.2) is 29.2 Å². The maximum Gasteiger partial charge on any atom is 0.257 e. The molecule has 0 saturated carbocycles. The van der Waals surface area contributed by atoms with Crippen molar-refractivity contribution in [3.63, 3.8) is 0 Å². The van der Waals surface area contributed by atoms with Gasteiger partial charge in [0.15, 0.2) is 0 Å². The van der Waals surface area contributed by atoms with Gasteiger partial charge in [-0.2, -0.15) is 4.31 Å². The predicted octanol–water partition coefficient (Wildman–Crippen LogP) is 2.54. The van der Waals surface area contributed by atoms with Crippen molar-refractivity contribution in [2.45, 2.75) is 37.5 Å². The number of ether oxygens (including phenoxy) is 1. The lowest BCUT2D eigenvalue weighted by atomic mass is 10.2. The normalized spacial score (nSPS) is 15.5. The Labute approximate surface area is 169 Å². The number of nitrogens with zero attached hydrogens (tertiary/aromatic N) is 3. The molecule has 28 heavy (non-hydrogen) atoms. The van der Waals surface area contributed by atoms with E-state index >= 15 is 0 Å². The van der Waals surface area contributed by atoms with Gasteiger partial charge in [-0.05, 0) is 24.6 Å². The Bertz CT molecular complexity index is 908. The lowest BCUT2D eigenvalue weighted by Crippen LogP contribution is -2.40. The van der Waals surface area contributed by atoms with E-state index in [1.54, 1.807) is 12.1 Å². The Morgan fingerprint density at radius 1 is 1.25 bits per heavy atom. The summed E-state index contributed by atoms with van der Waals surface area (Å²) in [6.07, 6.45) is 4.15. The van der Waals surface area contributed by atoms with Crippen LogP contribution in [0.3, 0.4) is 0 Å². The molecule has 0 atom stereocenters. The van der Waals surface area contributed by atoms with Crippen molar-refractivity contribution in [3.05, 3.63) is 34.8 Å². The molecule has 1 amide bonds. The van der Waals surface area contributed by atoms with Crippen molar-refractivity contribution >= 4 is 32.4 Å². The number of aromatic nitrogens is 2. The molecule has 1 aromatic carbocycles. The molecule has 2 aromatic rings. The van der Waals surface area contributed by atoms with Crippen molar-refractivity contribution in [3.8, 4) is 0 Å². The SMILES string of the molecule is CCCCCc1nnc(NC(=O)c2cccc(S(=O)(=O)N3CCOCC3)c2)s1. The van der Waals surface area contributed by atoms with Gasteiger partial charge in [0, 0.05) is 25.1 Å². The quantitative estimate of drug-likeness (QED) is 0.654. The fourth-order valence-corrected chi connectivity index (χ4v) is 5.07. The summed E-state index contributed by atoms with van der Waals surface area (Å²) in [7, 11) is -3.65. The molecule has 1 aromatic heterocycles. The monoisotopic (exact) mass is 424 g/mol. The zero-order valence-electron chi connectivity index (χ0n) is 15.8. The highest BCUT2D eigenvalue weighted by Crippen LogP contribution is 2.21. The van der Waals surface area contributed by atoms with E-state index in [0.29, 0.717) is 31.4 Å². The van der Waals surface area contributed by atoms with Crippen LogP contribution in [0.5, 0.6) is 0 Å². The average Bonchev–Trinajstić information content (AvgIpc) is 3.16. The first-order chi connectivity index (χ1) is 13.5. The number of amides is 1. The summed E-state index contributed by atoms with van der Waals surface area (Å²) in [5.74, 6) is -0.407. The first-order valence-electron chi connectivity index (χ1n) is 9.32. The molecule has 10 heteroatoms. The van der Waals surface area contributed by atoms with Crippen molar-refractivity contribution in [2.24, 2.45) is 0 Å². The number of benzene rings is 1.